The highest BCUT2D eigenvalue weighted by atomic mass is 15.0. The van der Waals surface area contributed by atoms with Crippen molar-refractivity contribution in [1.29, 1.82) is 0 Å². The minimum absolute atomic E-state index is 0.910. The molecule has 1 heterocycles. The Bertz CT molecular complexity index is 232. The Hall–Kier alpha value is -1.12. The van der Waals surface area contributed by atoms with Gasteiger partial charge in [-0.1, -0.05) is 0 Å². The van der Waals surface area contributed by atoms with Gasteiger partial charge in [0.2, 0.25) is 0 Å². The van der Waals surface area contributed by atoms with Crippen molar-refractivity contribution in [3.05, 3.63) is 17.6 Å². The highest BCUT2D eigenvalue weighted by Crippen LogP contribution is 2.10. The first kappa shape index (κ1) is 6.99. The topological polar surface area (TPSA) is 37.8 Å². The van der Waals surface area contributed by atoms with Crippen molar-refractivity contribution in [2.45, 2.75) is 13.8 Å². The second kappa shape index (κ2) is 2.64. The quantitative estimate of drug-likeness (QED) is 0.630. The zero-order valence-electron chi connectivity index (χ0n) is 6.47. The molecule has 1 rings (SSSR count). The van der Waals surface area contributed by atoms with Crippen LogP contribution in [0.1, 0.15) is 11.3 Å². The van der Waals surface area contributed by atoms with Gasteiger partial charge >= 0.3 is 0 Å². The van der Waals surface area contributed by atoms with Crippen LogP contribution in [-0.2, 0) is 0 Å². The third-order valence-electron chi connectivity index (χ3n) is 1.57. The zero-order chi connectivity index (χ0) is 7.56. The van der Waals surface area contributed by atoms with E-state index in [1.807, 2.05) is 20.9 Å². The van der Waals surface area contributed by atoms with Gasteiger partial charge in [0.1, 0.15) is 12.1 Å². The zero-order valence-corrected chi connectivity index (χ0v) is 6.47. The van der Waals surface area contributed by atoms with Crippen LogP contribution in [0.3, 0.4) is 0 Å². The second-order valence-electron chi connectivity index (χ2n) is 2.18. The number of rotatable bonds is 1. The number of anilines is 1. The smallest absolute Gasteiger partial charge is 0.132 e. The summed E-state index contributed by atoms with van der Waals surface area (Å²) in [5, 5.41) is 2.98. The Balaban J connectivity index is 3.14. The van der Waals surface area contributed by atoms with Gasteiger partial charge < -0.3 is 5.32 Å². The molecule has 0 aliphatic rings. The molecule has 0 aliphatic carbocycles. The van der Waals surface area contributed by atoms with Gasteiger partial charge in [-0.2, -0.15) is 0 Å². The molecular formula is C7H11N3. The standard InChI is InChI=1S/C7H11N3/c1-5-6(2)9-4-10-7(5)8-3/h4H,1-3H3,(H,8,9,10). The maximum Gasteiger partial charge on any atom is 0.132 e. The van der Waals surface area contributed by atoms with E-state index in [4.69, 9.17) is 0 Å². The summed E-state index contributed by atoms with van der Waals surface area (Å²) in [7, 11) is 1.86. The van der Waals surface area contributed by atoms with Crippen LogP contribution in [-0.4, -0.2) is 17.0 Å². The van der Waals surface area contributed by atoms with Crippen molar-refractivity contribution in [2.24, 2.45) is 0 Å². The van der Waals surface area contributed by atoms with Crippen LogP contribution in [0.2, 0.25) is 0 Å². The van der Waals surface area contributed by atoms with Crippen LogP contribution in [0.5, 0.6) is 0 Å². The molecule has 0 amide bonds. The highest BCUT2D eigenvalue weighted by molar-refractivity contribution is 5.43. The number of nitrogens with zero attached hydrogens (tertiary/aromatic N) is 2. The molecule has 0 saturated heterocycles. The van der Waals surface area contributed by atoms with Crippen LogP contribution >= 0.6 is 0 Å². The Morgan fingerprint density at radius 3 is 2.50 bits per heavy atom. The number of aromatic nitrogens is 2. The van der Waals surface area contributed by atoms with Crippen molar-refractivity contribution in [3.63, 3.8) is 0 Å². The van der Waals surface area contributed by atoms with Gasteiger partial charge in [0.25, 0.3) is 0 Å². The van der Waals surface area contributed by atoms with Crippen LogP contribution < -0.4 is 5.32 Å². The monoisotopic (exact) mass is 137 g/mol. The number of aryl methyl sites for hydroxylation is 1. The molecule has 1 N–H and O–H groups in total. The third-order valence-corrected chi connectivity index (χ3v) is 1.57. The summed E-state index contributed by atoms with van der Waals surface area (Å²) in [6.07, 6.45) is 1.56. The first-order chi connectivity index (χ1) is 4.75. The van der Waals surface area contributed by atoms with Crippen LogP contribution in [0, 0.1) is 13.8 Å². The predicted octanol–water partition coefficient (Wildman–Crippen LogP) is 1.14. The fourth-order valence-corrected chi connectivity index (χ4v) is 0.790. The van der Waals surface area contributed by atoms with Gasteiger partial charge in [-0.05, 0) is 13.8 Å². The molecule has 0 aromatic carbocycles. The minimum atomic E-state index is 0.910. The molecule has 0 aliphatic heterocycles. The lowest BCUT2D eigenvalue weighted by Crippen LogP contribution is -1.98. The average Bonchev–Trinajstić information content (AvgIpc) is 1.95. The van der Waals surface area contributed by atoms with Crippen molar-refractivity contribution in [3.8, 4) is 0 Å². The lowest BCUT2D eigenvalue weighted by Gasteiger charge is -2.03. The lowest BCUT2D eigenvalue weighted by atomic mass is 10.2. The van der Waals surface area contributed by atoms with Gasteiger partial charge in [0.15, 0.2) is 0 Å². The van der Waals surface area contributed by atoms with E-state index in [1.54, 1.807) is 6.33 Å². The van der Waals surface area contributed by atoms with Crippen LogP contribution in [0.4, 0.5) is 5.82 Å². The van der Waals surface area contributed by atoms with Gasteiger partial charge in [0, 0.05) is 18.3 Å². The normalized spacial score (nSPS) is 9.50. The van der Waals surface area contributed by atoms with Gasteiger partial charge in [-0.3, -0.25) is 0 Å². The summed E-state index contributed by atoms with van der Waals surface area (Å²) in [6.45, 7) is 3.97. The van der Waals surface area contributed by atoms with Crippen molar-refractivity contribution >= 4 is 5.82 Å². The molecule has 54 valence electrons. The third kappa shape index (κ3) is 1.07. The molecule has 0 saturated carbocycles. The summed E-state index contributed by atoms with van der Waals surface area (Å²) in [5.74, 6) is 0.910. The maximum absolute atomic E-state index is 4.04. The molecule has 10 heavy (non-hydrogen) atoms. The van der Waals surface area contributed by atoms with Crippen LogP contribution in [0.15, 0.2) is 6.33 Å². The summed E-state index contributed by atoms with van der Waals surface area (Å²) in [5.41, 5.74) is 2.14. The fourth-order valence-electron chi connectivity index (χ4n) is 0.790. The maximum atomic E-state index is 4.04. The van der Waals surface area contributed by atoms with Gasteiger partial charge in [-0.25, -0.2) is 9.97 Å². The van der Waals surface area contributed by atoms with Crippen molar-refractivity contribution < 1.29 is 0 Å². The van der Waals surface area contributed by atoms with Gasteiger partial charge in [-0.15, -0.1) is 0 Å². The first-order valence-electron chi connectivity index (χ1n) is 3.21. The van der Waals surface area contributed by atoms with Crippen molar-refractivity contribution in [1.82, 2.24) is 9.97 Å². The molecule has 1 aromatic heterocycles. The molecular weight excluding hydrogens is 126 g/mol. The minimum Gasteiger partial charge on any atom is -0.373 e. The number of hydrogen-bond acceptors (Lipinski definition) is 3. The molecule has 1 aromatic rings. The van der Waals surface area contributed by atoms with E-state index in [-0.39, 0.29) is 0 Å². The summed E-state index contributed by atoms with van der Waals surface area (Å²) >= 11 is 0. The Kier molecular flexibility index (Phi) is 1.85. The molecule has 3 nitrogen and oxygen atoms in total. The Morgan fingerprint density at radius 1 is 1.30 bits per heavy atom. The molecule has 0 radical (unpaired) electrons. The molecule has 0 fully saturated rings. The first-order valence-corrected chi connectivity index (χ1v) is 3.21. The molecule has 3 heteroatoms. The fraction of sp³-hybridized carbons (Fsp3) is 0.429. The Labute approximate surface area is 60.5 Å². The van der Waals surface area contributed by atoms with E-state index < -0.39 is 0 Å². The Morgan fingerprint density at radius 2 is 2.00 bits per heavy atom. The van der Waals surface area contributed by atoms with E-state index >= 15 is 0 Å². The molecule has 0 bridgehead atoms. The SMILES string of the molecule is CNc1ncnc(C)c1C. The molecule has 0 unspecified atom stereocenters. The van der Waals surface area contributed by atoms with E-state index in [0.29, 0.717) is 0 Å². The predicted molar refractivity (Wildman–Crippen MR) is 41.1 cm³/mol. The lowest BCUT2D eigenvalue weighted by molar-refractivity contribution is 1.06. The summed E-state index contributed by atoms with van der Waals surface area (Å²) in [4.78, 5) is 8.07. The summed E-state index contributed by atoms with van der Waals surface area (Å²) < 4.78 is 0. The van der Waals surface area contributed by atoms with E-state index in [9.17, 15) is 0 Å². The largest absolute Gasteiger partial charge is 0.373 e. The molecule has 0 atom stereocenters. The van der Waals surface area contributed by atoms with Crippen molar-refractivity contribution in [2.75, 3.05) is 12.4 Å². The summed E-state index contributed by atoms with van der Waals surface area (Å²) in [6, 6.07) is 0. The van der Waals surface area contributed by atoms with Crippen LogP contribution in [0.25, 0.3) is 0 Å². The van der Waals surface area contributed by atoms with E-state index in [2.05, 4.69) is 15.3 Å². The average molecular weight is 137 g/mol. The van der Waals surface area contributed by atoms with Gasteiger partial charge in [0.05, 0.1) is 0 Å². The van der Waals surface area contributed by atoms with E-state index in [1.165, 1.54) is 0 Å². The number of nitrogens with one attached hydrogen (secondary N) is 1. The second-order valence-corrected chi connectivity index (χ2v) is 2.18. The molecule has 0 spiro atoms. The van der Waals surface area contributed by atoms with E-state index in [0.717, 1.165) is 17.1 Å². The highest BCUT2D eigenvalue weighted by Gasteiger charge is 1.98. The number of hydrogen-bond donors (Lipinski definition) is 1.